The molecule has 6 nitrogen and oxygen atoms in total. The number of sulfonamides is 1. The molecule has 0 saturated carbocycles. The fraction of sp³-hybridized carbons (Fsp3) is 0.278. The molecule has 1 amide bonds. The monoisotopic (exact) mass is 393 g/mol. The molecule has 1 aliphatic heterocycles. The molecule has 1 saturated heterocycles. The Kier molecular flexibility index (Phi) is 5.80. The standard InChI is InChI=1S/C18H20ClN3O3S/c19-16-3-1-2-4-17(16)22-26(24,25)15-7-5-13(6-8-15)18(23)21-14-9-11-20-12-10-14/h1-8,14,20,22H,9-12H2,(H,21,23). The third-order valence-corrected chi connectivity index (χ3v) is 5.93. The van der Waals surface area contributed by atoms with E-state index in [1.165, 1.54) is 24.3 Å². The largest absolute Gasteiger partial charge is 0.349 e. The summed E-state index contributed by atoms with van der Waals surface area (Å²) >= 11 is 5.99. The highest BCUT2D eigenvalue weighted by Gasteiger charge is 2.19. The number of para-hydroxylation sites is 1. The van der Waals surface area contributed by atoms with Gasteiger partial charge in [-0.15, -0.1) is 0 Å². The molecule has 0 spiro atoms. The van der Waals surface area contributed by atoms with Crippen LogP contribution >= 0.6 is 11.6 Å². The number of halogens is 1. The maximum atomic E-state index is 12.5. The van der Waals surface area contributed by atoms with Crippen LogP contribution in [-0.4, -0.2) is 33.5 Å². The Bertz CT molecular complexity index is 879. The predicted molar refractivity (Wildman–Crippen MR) is 102 cm³/mol. The molecule has 2 aromatic rings. The van der Waals surface area contributed by atoms with E-state index in [0.717, 1.165) is 25.9 Å². The predicted octanol–water partition coefficient (Wildman–Crippen LogP) is 2.62. The first-order valence-electron chi connectivity index (χ1n) is 8.35. The summed E-state index contributed by atoms with van der Waals surface area (Å²) in [7, 11) is -3.78. The third-order valence-electron chi connectivity index (χ3n) is 4.22. The quantitative estimate of drug-likeness (QED) is 0.728. The van der Waals surface area contributed by atoms with Crippen LogP contribution in [0.3, 0.4) is 0 Å². The Balaban J connectivity index is 1.70. The number of amides is 1. The maximum Gasteiger partial charge on any atom is 0.261 e. The minimum atomic E-state index is -3.78. The molecule has 0 aliphatic carbocycles. The summed E-state index contributed by atoms with van der Waals surface area (Å²) < 4.78 is 27.4. The van der Waals surface area contributed by atoms with Gasteiger partial charge in [0, 0.05) is 11.6 Å². The number of benzene rings is 2. The molecule has 3 rings (SSSR count). The molecule has 1 heterocycles. The first kappa shape index (κ1) is 18.7. The lowest BCUT2D eigenvalue weighted by Gasteiger charge is -2.23. The van der Waals surface area contributed by atoms with Crippen LogP contribution in [0.4, 0.5) is 5.69 Å². The van der Waals surface area contributed by atoms with Gasteiger partial charge >= 0.3 is 0 Å². The molecular formula is C18H20ClN3O3S. The molecule has 1 aliphatic rings. The Hall–Kier alpha value is -2.09. The highest BCUT2D eigenvalue weighted by atomic mass is 35.5. The van der Waals surface area contributed by atoms with Crippen LogP contribution in [0.5, 0.6) is 0 Å². The van der Waals surface area contributed by atoms with Gasteiger partial charge in [-0.25, -0.2) is 8.42 Å². The van der Waals surface area contributed by atoms with Crippen molar-refractivity contribution < 1.29 is 13.2 Å². The van der Waals surface area contributed by atoms with E-state index in [9.17, 15) is 13.2 Å². The zero-order valence-corrected chi connectivity index (χ0v) is 15.6. The third kappa shape index (κ3) is 4.55. The van der Waals surface area contributed by atoms with E-state index in [4.69, 9.17) is 11.6 Å². The highest BCUT2D eigenvalue weighted by Crippen LogP contribution is 2.24. The average Bonchev–Trinajstić information content (AvgIpc) is 2.64. The molecule has 26 heavy (non-hydrogen) atoms. The number of carbonyl (C=O) groups is 1. The van der Waals surface area contributed by atoms with Gasteiger partial charge in [0.15, 0.2) is 0 Å². The van der Waals surface area contributed by atoms with Crippen LogP contribution in [0.1, 0.15) is 23.2 Å². The van der Waals surface area contributed by atoms with E-state index in [0.29, 0.717) is 16.3 Å². The summed E-state index contributed by atoms with van der Waals surface area (Å²) in [5.74, 6) is -0.195. The van der Waals surface area contributed by atoms with Crippen molar-refractivity contribution in [2.24, 2.45) is 0 Å². The van der Waals surface area contributed by atoms with Crippen molar-refractivity contribution in [3.05, 3.63) is 59.1 Å². The SMILES string of the molecule is O=C(NC1CCNCC1)c1ccc(S(=O)(=O)Nc2ccccc2Cl)cc1. The summed E-state index contributed by atoms with van der Waals surface area (Å²) in [5.41, 5.74) is 0.738. The van der Waals surface area contributed by atoms with E-state index < -0.39 is 10.0 Å². The molecule has 3 N–H and O–H groups in total. The normalized spacial score (nSPS) is 15.4. The molecule has 0 radical (unpaired) electrons. The zero-order chi connectivity index (χ0) is 18.6. The first-order chi connectivity index (χ1) is 12.5. The van der Waals surface area contributed by atoms with Crippen LogP contribution in [0.15, 0.2) is 53.4 Å². The van der Waals surface area contributed by atoms with Crippen molar-refractivity contribution in [2.75, 3.05) is 17.8 Å². The van der Waals surface area contributed by atoms with E-state index in [1.807, 2.05) is 0 Å². The average molecular weight is 394 g/mol. The van der Waals surface area contributed by atoms with Gasteiger partial charge in [-0.1, -0.05) is 23.7 Å². The summed E-state index contributed by atoms with van der Waals surface area (Å²) in [6, 6.07) is 12.6. The van der Waals surface area contributed by atoms with Crippen molar-refractivity contribution in [3.63, 3.8) is 0 Å². The molecule has 8 heteroatoms. The molecule has 0 atom stereocenters. The Morgan fingerprint density at radius 3 is 2.35 bits per heavy atom. The second-order valence-electron chi connectivity index (χ2n) is 6.11. The van der Waals surface area contributed by atoms with Crippen molar-refractivity contribution in [2.45, 2.75) is 23.8 Å². The molecular weight excluding hydrogens is 374 g/mol. The first-order valence-corrected chi connectivity index (χ1v) is 10.2. The van der Waals surface area contributed by atoms with E-state index in [-0.39, 0.29) is 16.8 Å². The number of nitrogens with one attached hydrogen (secondary N) is 3. The van der Waals surface area contributed by atoms with E-state index in [1.54, 1.807) is 24.3 Å². The number of piperidine rings is 1. The molecule has 1 fully saturated rings. The van der Waals surface area contributed by atoms with Gasteiger partial charge in [0.25, 0.3) is 15.9 Å². The lowest BCUT2D eigenvalue weighted by molar-refractivity contribution is 0.0929. The smallest absolute Gasteiger partial charge is 0.261 e. The van der Waals surface area contributed by atoms with Crippen molar-refractivity contribution in [1.82, 2.24) is 10.6 Å². The summed E-state index contributed by atoms with van der Waals surface area (Å²) in [4.78, 5) is 12.4. The number of hydrogen-bond acceptors (Lipinski definition) is 4. The van der Waals surface area contributed by atoms with Crippen LogP contribution in [0, 0.1) is 0 Å². The van der Waals surface area contributed by atoms with Gasteiger partial charge in [0.1, 0.15) is 0 Å². The van der Waals surface area contributed by atoms with Crippen LogP contribution in [0.2, 0.25) is 5.02 Å². The Morgan fingerprint density at radius 1 is 1.04 bits per heavy atom. The summed E-state index contributed by atoms with van der Waals surface area (Å²) in [6.45, 7) is 1.77. The van der Waals surface area contributed by atoms with E-state index >= 15 is 0 Å². The zero-order valence-electron chi connectivity index (χ0n) is 14.0. The van der Waals surface area contributed by atoms with E-state index in [2.05, 4.69) is 15.4 Å². The van der Waals surface area contributed by atoms with Gasteiger partial charge in [0.05, 0.1) is 15.6 Å². The summed E-state index contributed by atoms with van der Waals surface area (Å²) in [6.07, 6.45) is 1.78. The number of rotatable bonds is 5. The lowest BCUT2D eigenvalue weighted by atomic mass is 10.1. The maximum absolute atomic E-state index is 12.5. The van der Waals surface area contributed by atoms with Crippen LogP contribution in [0.25, 0.3) is 0 Å². The molecule has 2 aromatic carbocycles. The second kappa shape index (κ2) is 8.07. The summed E-state index contributed by atoms with van der Waals surface area (Å²) in [5, 5.41) is 6.53. The molecule has 0 bridgehead atoms. The molecule has 138 valence electrons. The minimum absolute atomic E-state index is 0.0656. The second-order valence-corrected chi connectivity index (χ2v) is 8.20. The highest BCUT2D eigenvalue weighted by molar-refractivity contribution is 7.92. The van der Waals surface area contributed by atoms with Gasteiger partial charge in [-0.05, 0) is 62.3 Å². The van der Waals surface area contributed by atoms with Gasteiger partial charge in [-0.2, -0.15) is 0 Å². The van der Waals surface area contributed by atoms with Crippen molar-refractivity contribution >= 4 is 33.2 Å². The fourth-order valence-corrected chi connectivity index (χ4v) is 4.09. The minimum Gasteiger partial charge on any atom is -0.349 e. The number of carbonyl (C=O) groups excluding carboxylic acids is 1. The number of hydrogen-bond donors (Lipinski definition) is 3. The molecule has 0 aromatic heterocycles. The van der Waals surface area contributed by atoms with Gasteiger partial charge < -0.3 is 10.6 Å². The van der Waals surface area contributed by atoms with Gasteiger partial charge in [0.2, 0.25) is 0 Å². The van der Waals surface area contributed by atoms with Crippen molar-refractivity contribution in [3.8, 4) is 0 Å². The van der Waals surface area contributed by atoms with Crippen LogP contribution in [-0.2, 0) is 10.0 Å². The van der Waals surface area contributed by atoms with Crippen molar-refractivity contribution in [1.29, 1.82) is 0 Å². The lowest BCUT2D eigenvalue weighted by Crippen LogP contribution is -2.42. The Morgan fingerprint density at radius 2 is 1.69 bits per heavy atom. The van der Waals surface area contributed by atoms with Crippen LogP contribution < -0.4 is 15.4 Å². The Labute approximate surface area is 158 Å². The number of anilines is 1. The topological polar surface area (TPSA) is 87.3 Å². The van der Waals surface area contributed by atoms with Gasteiger partial charge in [-0.3, -0.25) is 9.52 Å². The fourth-order valence-electron chi connectivity index (χ4n) is 2.77. The molecule has 0 unspecified atom stereocenters.